The highest BCUT2D eigenvalue weighted by Gasteiger charge is 2.21. The number of carboxylic acid groups (broad SMARTS) is 1. The van der Waals surface area contributed by atoms with Gasteiger partial charge in [-0.05, 0) is 24.3 Å². The van der Waals surface area contributed by atoms with Crippen molar-refractivity contribution in [2.75, 3.05) is 0 Å². The van der Waals surface area contributed by atoms with Crippen LogP contribution in [0.1, 0.15) is 10.4 Å². The Kier molecular flexibility index (Phi) is 4.56. The molecule has 0 aliphatic carbocycles. The zero-order chi connectivity index (χ0) is 19.1. The third kappa shape index (κ3) is 3.16. The molecule has 0 saturated heterocycles. The van der Waals surface area contributed by atoms with Crippen molar-refractivity contribution in [2.45, 2.75) is 0 Å². The summed E-state index contributed by atoms with van der Waals surface area (Å²) in [7, 11) is 0. The van der Waals surface area contributed by atoms with Crippen molar-refractivity contribution in [2.24, 2.45) is 0 Å². The molecule has 0 fully saturated rings. The van der Waals surface area contributed by atoms with Gasteiger partial charge in [0.05, 0.1) is 22.0 Å². The number of hydrogen-bond donors (Lipinski definition) is 1. The van der Waals surface area contributed by atoms with Gasteiger partial charge in [0.15, 0.2) is 5.65 Å². The third-order valence-electron chi connectivity index (χ3n) is 4.17. The number of fused-ring (bicyclic) bond motifs is 1. The second kappa shape index (κ2) is 6.89. The van der Waals surface area contributed by atoms with Crippen LogP contribution in [0, 0.1) is 0 Å². The molecule has 4 aromatic rings. The maximum Gasteiger partial charge on any atom is 0.337 e. The van der Waals surface area contributed by atoms with Crippen molar-refractivity contribution >= 4 is 46.4 Å². The van der Waals surface area contributed by atoms with E-state index in [0.717, 1.165) is 11.1 Å². The lowest BCUT2D eigenvalue weighted by Gasteiger charge is -2.09. The molecule has 0 unspecified atom stereocenters. The summed E-state index contributed by atoms with van der Waals surface area (Å²) >= 11 is 18.8. The minimum absolute atomic E-state index is 0.0564. The summed E-state index contributed by atoms with van der Waals surface area (Å²) in [5.41, 5.74) is 3.32. The van der Waals surface area contributed by atoms with Gasteiger partial charge in [-0.3, -0.25) is 4.40 Å². The summed E-state index contributed by atoms with van der Waals surface area (Å²) < 4.78 is 1.66. The Morgan fingerprint density at radius 1 is 0.963 bits per heavy atom. The van der Waals surface area contributed by atoms with Gasteiger partial charge in [0.25, 0.3) is 0 Å². The lowest BCUT2D eigenvalue weighted by molar-refractivity contribution is 0.0696. The molecule has 4 rings (SSSR count). The highest BCUT2D eigenvalue weighted by molar-refractivity contribution is 6.34. The van der Waals surface area contributed by atoms with Crippen LogP contribution >= 0.6 is 34.8 Å². The molecule has 0 atom stereocenters. The van der Waals surface area contributed by atoms with E-state index in [1.165, 1.54) is 12.3 Å². The number of aromatic carboxylic acids is 1. The van der Waals surface area contributed by atoms with Gasteiger partial charge in [0.1, 0.15) is 0 Å². The van der Waals surface area contributed by atoms with Gasteiger partial charge in [-0.15, -0.1) is 0 Å². The molecule has 2 heterocycles. The van der Waals surface area contributed by atoms with E-state index in [2.05, 4.69) is 4.98 Å². The van der Waals surface area contributed by atoms with Crippen LogP contribution in [0.5, 0.6) is 0 Å². The molecular formula is C20H11Cl3N2O2. The lowest BCUT2D eigenvalue weighted by Crippen LogP contribution is -2.00. The van der Waals surface area contributed by atoms with Crippen molar-refractivity contribution in [3.8, 4) is 22.5 Å². The fraction of sp³-hybridized carbons (Fsp3) is 0. The standard InChI is InChI=1S/C20H11Cl3N2O2/c21-13-7-5-11(6-8-13)17-18(14-3-1-2-4-15(14)22)25-10-12(20(26)27)9-16(23)19(25)24-17/h1-10H,(H,26,27). The van der Waals surface area contributed by atoms with Crippen LogP contribution in [0.3, 0.4) is 0 Å². The van der Waals surface area contributed by atoms with Gasteiger partial charge in [0, 0.05) is 27.4 Å². The Bertz CT molecular complexity index is 1180. The van der Waals surface area contributed by atoms with E-state index < -0.39 is 5.97 Å². The zero-order valence-electron chi connectivity index (χ0n) is 13.7. The van der Waals surface area contributed by atoms with Crippen molar-refractivity contribution in [1.82, 2.24) is 9.38 Å². The Balaban J connectivity index is 2.12. The number of halogens is 3. The van der Waals surface area contributed by atoms with Crippen LogP contribution in [0.2, 0.25) is 15.1 Å². The average molecular weight is 418 g/mol. The molecule has 1 N–H and O–H groups in total. The lowest BCUT2D eigenvalue weighted by atomic mass is 10.0. The molecule has 7 heteroatoms. The predicted octanol–water partition coefficient (Wildman–Crippen LogP) is 6.33. The predicted molar refractivity (Wildman–Crippen MR) is 108 cm³/mol. The van der Waals surface area contributed by atoms with Crippen LogP contribution in [-0.4, -0.2) is 20.5 Å². The van der Waals surface area contributed by atoms with E-state index in [1.807, 2.05) is 30.3 Å². The van der Waals surface area contributed by atoms with Crippen molar-refractivity contribution in [1.29, 1.82) is 0 Å². The number of rotatable bonds is 3. The maximum atomic E-state index is 11.5. The topological polar surface area (TPSA) is 54.6 Å². The highest BCUT2D eigenvalue weighted by atomic mass is 35.5. The Morgan fingerprint density at radius 3 is 2.33 bits per heavy atom. The quantitative estimate of drug-likeness (QED) is 0.424. The van der Waals surface area contributed by atoms with Gasteiger partial charge in [-0.25, -0.2) is 9.78 Å². The second-order valence-electron chi connectivity index (χ2n) is 5.87. The fourth-order valence-electron chi connectivity index (χ4n) is 2.94. The number of carbonyl (C=O) groups is 1. The van der Waals surface area contributed by atoms with Gasteiger partial charge in [-0.2, -0.15) is 0 Å². The first-order chi connectivity index (χ1) is 13.0. The molecule has 0 aliphatic rings. The first kappa shape index (κ1) is 17.9. The molecule has 2 aromatic carbocycles. The maximum absolute atomic E-state index is 11.5. The van der Waals surface area contributed by atoms with Crippen molar-refractivity contribution < 1.29 is 9.90 Å². The molecule has 134 valence electrons. The number of carboxylic acids is 1. The van der Waals surface area contributed by atoms with Crippen molar-refractivity contribution in [3.05, 3.63) is 81.4 Å². The van der Waals surface area contributed by atoms with Crippen LogP contribution in [0.4, 0.5) is 0 Å². The molecular weight excluding hydrogens is 407 g/mol. The summed E-state index contributed by atoms with van der Waals surface area (Å²) in [4.78, 5) is 16.2. The number of hydrogen-bond acceptors (Lipinski definition) is 2. The molecule has 0 radical (unpaired) electrons. The van der Waals surface area contributed by atoms with E-state index in [1.54, 1.807) is 22.6 Å². The Hall–Kier alpha value is -2.53. The normalized spacial score (nSPS) is 11.1. The molecule has 4 nitrogen and oxygen atoms in total. The fourth-order valence-corrected chi connectivity index (χ4v) is 3.54. The smallest absolute Gasteiger partial charge is 0.337 e. The van der Waals surface area contributed by atoms with Gasteiger partial charge >= 0.3 is 5.97 Å². The van der Waals surface area contributed by atoms with Crippen LogP contribution in [-0.2, 0) is 0 Å². The molecule has 0 bridgehead atoms. The van der Waals surface area contributed by atoms with E-state index >= 15 is 0 Å². The molecule has 0 saturated carbocycles. The highest BCUT2D eigenvalue weighted by Crippen LogP contribution is 2.38. The minimum Gasteiger partial charge on any atom is -0.478 e. The van der Waals surface area contributed by atoms with Crippen molar-refractivity contribution in [3.63, 3.8) is 0 Å². The number of nitrogens with zero attached hydrogens (tertiary/aromatic N) is 2. The van der Waals surface area contributed by atoms with E-state index in [0.29, 0.717) is 27.1 Å². The average Bonchev–Trinajstić information content (AvgIpc) is 3.02. The van der Waals surface area contributed by atoms with Gasteiger partial charge in [-0.1, -0.05) is 65.1 Å². The number of pyridine rings is 1. The van der Waals surface area contributed by atoms with E-state index in [9.17, 15) is 9.90 Å². The second-order valence-corrected chi connectivity index (χ2v) is 7.12. The summed E-state index contributed by atoms with van der Waals surface area (Å²) in [5.74, 6) is -1.08. The first-order valence-corrected chi connectivity index (χ1v) is 9.05. The monoisotopic (exact) mass is 416 g/mol. The summed E-state index contributed by atoms with van der Waals surface area (Å²) in [6.07, 6.45) is 1.49. The number of aromatic nitrogens is 2. The van der Waals surface area contributed by atoms with Crippen LogP contribution in [0.15, 0.2) is 60.8 Å². The van der Waals surface area contributed by atoms with Crippen LogP contribution < -0.4 is 0 Å². The zero-order valence-corrected chi connectivity index (χ0v) is 15.9. The molecule has 0 amide bonds. The molecule has 27 heavy (non-hydrogen) atoms. The van der Waals surface area contributed by atoms with E-state index in [-0.39, 0.29) is 10.6 Å². The SMILES string of the molecule is O=C(O)c1cc(Cl)c2nc(-c3ccc(Cl)cc3)c(-c3ccccc3Cl)n2c1. The first-order valence-electron chi connectivity index (χ1n) is 7.91. The Morgan fingerprint density at radius 2 is 1.67 bits per heavy atom. The number of imidazole rings is 1. The molecule has 0 spiro atoms. The summed E-state index contributed by atoms with van der Waals surface area (Å²) in [6.45, 7) is 0. The molecule has 0 aliphatic heterocycles. The molecule has 2 aromatic heterocycles. The number of benzene rings is 2. The minimum atomic E-state index is -1.08. The Labute approximate surface area is 169 Å². The van der Waals surface area contributed by atoms with E-state index in [4.69, 9.17) is 34.8 Å². The third-order valence-corrected chi connectivity index (χ3v) is 5.03. The van der Waals surface area contributed by atoms with Gasteiger partial charge < -0.3 is 5.11 Å². The summed E-state index contributed by atoms with van der Waals surface area (Å²) in [6, 6.07) is 15.9. The van der Waals surface area contributed by atoms with Crippen LogP contribution in [0.25, 0.3) is 28.2 Å². The summed E-state index contributed by atoms with van der Waals surface area (Å²) in [5, 5.41) is 10.8. The largest absolute Gasteiger partial charge is 0.478 e. The van der Waals surface area contributed by atoms with Gasteiger partial charge in [0.2, 0.25) is 0 Å².